The lowest BCUT2D eigenvalue weighted by Crippen LogP contribution is -2.32. The van der Waals surface area contributed by atoms with E-state index in [0.717, 1.165) is 49.9 Å². The first-order chi connectivity index (χ1) is 16.4. The third kappa shape index (κ3) is 5.32. The van der Waals surface area contributed by atoms with E-state index in [0.29, 0.717) is 11.4 Å². The minimum atomic E-state index is -0.268. The van der Waals surface area contributed by atoms with Gasteiger partial charge in [0.15, 0.2) is 5.82 Å². The van der Waals surface area contributed by atoms with Crippen LogP contribution in [0.4, 0.5) is 10.1 Å². The molecule has 2 aromatic carbocycles. The Morgan fingerprint density at radius 1 is 1.00 bits per heavy atom. The lowest BCUT2D eigenvalue weighted by atomic mass is 10.2. The molecule has 3 aromatic rings. The summed E-state index contributed by atoms with van der Waals surface area (Å²) < 4.78 is 23.3. The van der Waals surface area contributed by atoms with Crippen molar-refractivity contribution in [1.29, 1.82) is 0 Å². The Morgan fingerprint density at radius 3 is 2.32 bits per heavy atom. The molecule has 1 aromatic heterocycles. The predicted octanol–water partition coefficient (Wildman–Crippen LogP) is 4.34. The van der Waals surface area contributed by atoms with E-state index < -0.39 is 0 Å². The van der Waals surface area contributed by atoms with E-state index in [9.17, 15) is 4.39 Å². The van der Waals surface area contributed by atoms with E-state index in [4.69, 9.17) is 22.1 Å². The molecule has 2 heterocycles. The first kappa shape index (κ1) is 24.4. The van der Waals surface area contributed by atoms with Gasteiger partial charge in [0.25, 0.3) is 0 Å². The van der Waals surface area contributed by atoms with Crippen molar-refractivity contribution in [1.82, 2.24) is 24.1 Å². The van der Waals surface area contributed by atoms with Crippen molar-refractivity contribution < 1.29 is 9.13 Å². The summed E-state index contributed by atoms with van der Waals surface area (Å²) >= 11 is 5.86. The topological polar surface area (TPSA) is 41.7 Å². The monoisotopic (exact) mass is 484 g/mol. The first-order valence-electron chi connectivity index (χ1n) is 11.6. The summed E-state index contributed by atoms with van der Waals surface area (Å²) in [5, 5.41) is 4.92. The zero-order valence-electron chi connectivity index (χ0n) is 20.3. The van der Waals surface area contributed by atoms with E-state index >= 15 is 0 Å². The van der Waals surface area contributed by atoms with Crippen LogP contribution in [-0.4, -0.2) is 71.5 Å². The highest BCUT2D eigenvalue weighted by Gasteiger charge is 2.22. The van der Waals surface area contributed by atoms with Crippen LogP contribution in [0.2, 0.25) is 0 Å². The van der Waals surface area contributed by atoms with Gasteiger partial charge >= 0.3 is 0 Å². The molecule has 1 saturated heterocycles. The van der Waals surface area contributed by atoms with Crippen molar-refractivity contribution in [3.63, 3.8) is 0 Å². The van der Waals surface area contributed by atoms with Gasteiger partial charge in [0.2, 0.25) is 4.77 Å². The van der Waals surface area contributed by atoms with Gasteiger partial charge in [-0.2, -0.15) is 5.10 Å². The highest BCUT2D eigenvalue weighted by atomic mass is 32.1. The molecule has 1 fully saturated rings. The summed E-state index contributed by atoms with van der Waals surface area (Å²) in [5.41, 5.74) is 2.03. The van der Waals surface area contributed by atoms with Crippen molar-refractivity contribution in [3.05, 3.63) is 64.9 Å². The molecule has 9 heteroatoms. The minimum Gasteiger partial charge on any atom is -0.497 e. The number of halogens is 1. The lowest BCUT2D eigenvalue weighted by Gasteiger charge is -2.23. The Morgan fingerprint density at radius 2 is 1.68 bits per heavy atom. The van der Waals surface area contributed by atoms with Gasteiger partial charge in [-0.05, 0) is 88.2 Å². The van der Waals surface area contributed by atoms with E-state index in [1.807, 2.05) is 35.5 Å². The van der Waals surface area contributed by atoms with Gasteiger partial charge in [-0.15, -0.1) is 0 Å². The highest BCUT2D eigenvalue weighted by Crippen LogP contribution is 2.23. The van der Waals surface area contributed by atoms with Crippen LogP contribution in [0.3, 0.4) is 0 Å². The number of rotatable bonds is 7. The number of hydrogen-bond donors (Lipinski definition) is 0. The molecule has 0 spiro atoms. The number of aromatic nitrogens is 3. The smallest absolute Gasteiger partial charge is 0.203 e. The van der Waals surface area contributed by atoms with Gasteiger partial charge in [0.05, 0.1) is 19.8 Å². The number of benzene rings is 2. The second-order valence-electron chi connectivity index (χ2n) is 8.89. The molecular formula is C25H33FN6OS. The zero-order chi connectivity index (χ0) is 24.2. The summed E-state index contributed by atoms with van der Waals surface area (Å²) in [6.45, 7) is 6.53. The van der Waals surface area contributed by atoms with Gasteiger partial charge < -0.3 is 9.64 Å². The van der Waals surface area contributed by atoms with Crippen molar-refractivity contribution in [2.45, 2.75) is 26.1 Å². The fraction of sp³-hybridized carbons (Fsp3) is 0.440. The maximum Gasteiger partial charge on any atom is 0.203 e. The summed E-state index contributed by atoms with van der Waals surface area (Å²) in [7, 11) is 5.72. The average Bonchev–Trinajstić information content (AvgIpc) is 3.00. The molecule has 1 atom stereocenters. The predicted molar refractivity (Wildman–Crippen MR) is 136 cm³/mol. The second-order valence-corrected chi connectivity index (χ2v) is 9.25. The molecule has 1 aliphatic heterocycles. The molecule has 0 radical (unpaired) electrons. The summed E-state index contributed by atoms with van der Waals surface area (Å²) in [6, 6.07) is 14.7. The van der Waals surface area contributed by atoms with Gasteiger partial charge in [-0.1, -0.05) is 0 Å². The normalized spacial score (nSPS) is 16.0. The molecule has 0 bridgehead atoms. The second kappa shape index (κ2) is 10.7. The fourth-order valence-electron chi connectivity index (χ4n) is 4.20. The number of anilines is 1. The van der Waals surface area contributed by atoms with Crippen molar-refractivity contribution in [2.75, 3.05) is 52.3 Å². The number of hydrogen-bond acceptors (Lipinski definition) is 6. The summed E-state index contributed by atoms with van der Waals surface area (Å²) in [6.07, 6.45) is 1.05. The Labute approximate surface area is 206 Å². The maximum atomic E-state index is 13.6. The van der Waals surface area contributed by atoms with Crippen molar-refractivity contribution in [2.24, 2.45) is 0 Å². The molecule has 4 rings (SSSR count). The third-order valence-corrected chi connectivity index (χ3v) is 6.85. The minimum absolute atomic E-state index is 0.0442. The van der Waals surface area contributed by atoms with Crippen LogP contribution < -0.4 is 9.64 Å². The largest absolute Gasteiger partial charge is 0.497 e. The molecule has 1 unspecified atom stereocenters. The summed E-state index contributed by atoms with van der Waals surface area (Å²) in [5.74, 6) is 1.45. The van der Waals surface area contributed by atoms with Crippen molar-refractivity contribution in [3.8, 4) is 11.4 Å². The summed E-state index contributed by atoms with van der Waals surface area (Å²) in [4.78, 5) is 6.90. The van der Waals surface area contributed by atoms with Crippen LogP contribution in [0, 0.1) is 10.6 Å². The van der Waals surface area contributed by atoms with Crippen LogP contribution >= 0.6 is 12.2 Å². The zero-order valence-corrected chi connectivity index (χ0v) is 21.1. The Bertz CT molecular complexity index is 1140. The number of ether oxygens (including phenoxy) is 1. The van der Waals surface area contributed by atoms with Gasteiger partial charge in [-0.3, -0.25) is 14.4 Å². The Hall–Kier alpha value is -2.75. The molecule has 0 saturated carbocycles. The lowest BCUT2D eigenvalue weighted by molar-refractivity contribution is 0.217. The van der Waals surface area contributed by atoms with Gasteiger partial charge in [0, 0.05) is 37.6 Å². The molecule has 7 nitrogen and oxygen atoms in total. The quantitative estimate of drug-likeness (QED) is 0.465. The highest BCUT2D eigenvalue weighted by molar-refractivity contribution is 7.71. The van der Waals surface area contributed by atoms with Crippen LogP contribution in [0.1, 0.15) is 25.2 Å². The maximum absolute atomic E-state index is 13.6. The van der Waals surface area contributed by atoms with Crippen LogP contribution in [-0.2, 0) is 6.67 Å². The van der Waals surface area contributed by atoms with Crippen molar-refractivity contribution >= 4 is 17.9 Å². The Kier molecular flexibility index (Phi) is 7.65. The molecule has 182 valence electrons. The van der Waals surface area contributed by atoms with Crippen LogP contribution in [0.25, 0.3) is 5.69 Å². The third-order valence-electron chi connectivity index (χ3n) is 6.46. The standard InChI is InChI=1S/C25H33FN6OS/c1-19(28(2)3)24-27-31(25(34)32(24)22-8-6-20(26)7-9-22)18-29-14-5-15-30(17-16-29)21-10-12-23(33-4)13-11-21/h6-13,19H,5,14-18H2,1-4H3. The van der Waals surface area contributed by atoms with E-state index in [1.54, 1.807) is 19.2 Å². The number of methoxy groups -OCH3 is 1. The molecular weight excluding hydrogens is 451 g/mol. The van der Waals surface area contributed by atoms with Crippen LogP contribution in [0.5, 0.6) is 5.75 Å². The molecule has 1 aliphatic rings. The van der Waals surface area contributed by atoms with Crippen LogP contribution in [0.15, 0.2) is 48.5 Å². The number of nitrogens with zero attached hydrogens (tertiary/aromatic N) is 6. The van der Waals surface area contributed by atoms with E-state index in [1.165, 1.54) is 17.8 Å². The molecule has 34 heavy (non-hydrogen) atoms. The first-order valence-corrected chi connectivity index (χ1v) is 12.0. The van der Waals surface area contributed by atoms with E-state index in [2.05, 4.69) is 33.8 Å². The molecule has 0 N–H and O–H groups in total. The Balaban J connectivity index is 1.54. The SMILES string of the molecule is COc1ccc(N2CCCN(Cn3nc(C(C)N(C)C)n(-c4ccc(F)cc4)c3=S)CC2)cc1. The average molecular weight is 485 g/mol. The van der Waals surface area contributed by atoms with Gasteiger partial charge in [0.1, 0.15) is 11.6 Å². The van der Waals surface area contributed by atoms with E-state index in [-0.39, 0.29) is 11.9 Å². The molecule has 0 aliphatic carbocycles. The van der Waals surface area contributed by atoms with Gasteiger partial charge in [-0.25, -0.2) is 9.07 Å². The fourth-order valence-corrected chi connectivity index (χ4v) is 4.50. The molecule has 0 amide bonds.